The summed E-state index contributed by atoms with van der Waals surface area (Å²) in [4.78, 5) is 22.3. The average Bonchev–Trinajstić information content (AvgIpc) is 3.21. The Balaban J connectivity index is 1.66. The maximum absolute atomic E-state index is 12.2. The number of hydrogen-bond donors (Lipinski definition) is 2. The molecule has 1 heterocycles. The molecule has 2 N–H and O–H groups in total. The number of nitrogens with one attached hydrogen (secondary N) is 1. The number of methoxy groups -OCH3 is 1. The lowest BCUT2D eigenvalue weighted by Gasteiger charge is -2.11. The van der Waals surface area contributed by atoms with Crippen molar-refractivity contribution >= 4 is 17.3 Å². The van der Waals surface area contributed by atoms with Crippen LogP contribution in [-0.2, 0) is 11.4 Å². The zero-order valence-corrected chi connectivity index (χ0v) is 15.5. The van der Waals surface area contributed by atoms with Gasteiger partial charge in [-0.25, -0.2) is 0 Å². The molecule has 3 aromatic rings. The molecule has 0 saturated heterocycles. The maximum atomic E-state index is 12.2. The van der Waals surface area contributed by atoms with Gasteiger partial charge in [-0.15, -0.1) is 0 Å². The van der Waals surface area contributed by atoms with Crippen molar-refractivity contribution in [1.82, 2.24) is 0 Å². The molecular weight excluding hydrogens is 380 g/mol. The van der Waals surface area contributed by atoms with Crippen molar-refractivity contribution in [3.8, 4) is 22.8 Å². The molecule has 9 nitrogen and oxygen atoms in total. The third-order valence-corrected chi connectivity index (χ3v) is 3.98. The zero-order valence-electron chi connectivity index (χ0n) is 15.5. The van der Waals surface area contributed by atoms with E-state index in [0.29, 0.717) is 34.3 Å². The van der Waals surface area contributed by atoms with Gasteiger partial charge in [0, 0.05) is 17.8 Å². The minimum Gasteiger partial charge on any atom is -0.496 e. The summed E-state index contributed by atoms with van der Waals surface area (Å²) < 4.78 is 16.2. The van der Waals surface area contributed by atoms with Gasteiger partial charge >= 0.3 is 0 Å². The number of nitro groups is 1. The highest BCUT2D eigenvalue weighted by Gasteiger charge is 2.13. The van der Waals surface area contributed by atoms with E-state index in [1.807, 2.05) is 0 Å². The Morgan fingerprint density at radius 3 is 2.55 bits per heavy atom. The lowest BCUT2D eigenvalue weighted by Crippen LogP contribution is -2.20. The van der Waals surface area contributed by atoms with Gasteiger partial charge in [-0.2, -0.15) is 0 Å². The van der Waals surface area contributed by atoms with Gasteiger partial charge in [0.15, 0.2) is 6.61 Å². The van der Waals surface area contributed by atoms with E-state index in [-0.39, 0.29) is 18.9 Å². The van der Waals surface area contributed by atoms with Crippen LogP contribution < -0.4 is 14.8 Å². The van der Waals surface area contributed by atoms with Crippen LogP contribution in [0.5, 0.6) is 11.5 Å². The number of nitrogens with zero attached hydrogens (tertiary/aromatic N) is 1. The summed E-state index contributed by atoms with van der Waals surface area (Å²) in [6.07, 6.45) is 0. The van der Waals surface area contributed by atoms with Crippen LogP contribution >= 0.6 is 0 Å². The fraction of sp³-hybridized carbons (Fsp3) is 0.150. The number of nitro benzene ring substituents is 1. The first-order valence-corrected chi connectivity index (χ1v) is 8.55. The van der Waals surface area contributed by atoms with Crippen molar-refractivity contribution in [2.75, 3.05) is 19.0 Å². The zero-order chi connectivity index (χ0) is 20.8. The van der Waals surface area contributed by atoms with Gasteiger partial charge in [0.2, 0.25) is 0 Å². The summed E-state index contributed by atoms with van der Waals surface area (Å²) in [6, 6.07) is 13.8. The number of non-ortho nitro benzene ring substituents is 1. The molecule has 1 aromatic heterocycles. The number of anilines is 1. The van der Waals surface area contributed by atoms with Crippen LogP contribution in [0.4, 0.5) is 11.4 Å². The number of furan rings is 1. The van der Waals surface area contributed by atoms with Crippen molar-refractivity contribution in [3.63, 3.8) is 0 Å². The SMILES string of the molecule is COc1ccc(NC(=O)COc2ccc([N+](=O)[O-])cc2)cc1-c1ccc(CO)o1. The molecule has 0 fully saturated rings. The molecule has 0 aliphatic heterocycles. The van der Waals surface area contributed by atoms with Gasteiger partial charge in [0.25, 0.3) is 11.6 Å². The van der Waals surface area contributed by atoms with Gasteiger partial charge in [0.1, 0.15) is 29.6 Å². The molecule has 1 amide bonds. The van der Waals surface area contributed by atoms with E-state index in [1.165, 1.54) is 31.4 Å². The summed E-state index contributed by atoms with van der Waals surface area (Å²) in [5, 5.41) is 22.5. The largest absolute Gasteiger partial charge is 0.496 e. The predicted molar refractivity (Wildman–Crippen MR) is 104 cm³/mol. The fourth-order valence-corrected chi connectivity index (χ4v) is 2.60. The van der Waals surface area contributed by atoms with Crippen LogP contribution in [-0.4, -0.2) is 29.7 Å². The minimum absolute atomic E-state index is 0.0603. The standard InChI is InChI=1S/C20H18N2O7/c1-27-18-8-2-13(10-17(18)19-9-7-16(11-23)29-19)21-20(24)12-28-15-5-3-14(4-6-15)22(25)26/h2-10,23H,11-12H2,1H3,(H,21,24). The number of aliphatic hydroxyl groups is 1. The van der Waals surface area contributed by atoms with E-state index in [2.05, 4.69) is 5.32 Å². The van der Waals surface area contributed by atoms with E-state index >= 15 is 0 Å². The summed E-state index contributed by atoms with van der Waals surface area (Å²) >= 11 is 0. The van der Waals surface area contributed by atoms with Gasteiger partial charge in [-0.05, 0) is 42.5 Å². The number of carbonyl (C=O) groups is 1. The highest BCUT2D eigenvalue weighted by Crippen LogP contribution is 2.33. The lowest BCUT2D eigenvalue weighted by molar-refractivity contribution is -0.384. The first kappa shape index (κ1) is 19.9. The van der Waals surface area contributed by atoms with Crippen molar-refractivity contribution < 1.29 is 28.7 Å². The van der Waals surface area contributed by atoms with Crippen LogP contribution in [0, 0.1) is 10.1 Å². The van der Waals surface area contributed by atoms with Crippen LogP contribution in [0.1, 0.15) is 5.76 Å². The van der Waals surface area contributed by atoms with E-state index < -0.39 is 10.8 Å². The van der Waals surface area contributed by atoms with Crippen molar-refractivity contribution in [1.29, 1.82) is 0 Å². The summed E-state index contributed by atoms with van der Waals surface area (Å²) in [6.45, 7) is -0.493. The Labute approximate surface area is 165 Å². The minimum atomic E-state index is -0.514. The third-order valence-electron chi connectivity index (χ3n) is 3.98. The molecule has 29 heavy (non-hydrogen) atoms. The topological polar surface area (TPSA) is 124 Å². The van der Waals surface area contributed by atoms with Gasteiger partial charge in [-0.3, -0.25) is 14.9 Å². The van der Waals surface area contributed by atoms with E-state index in [0.717, 1.165) is 0 Å². The Morgan fingerprint density at radius 1 is 1.17 bits per heavy atom. The molecule has 2 aromatic carbocycles. The van der Waals surface area contributed by atoms with Crippen molar-refractivity contribution in [2.45, 2.75) is 6.61 Å². The normalized spacial score (nSPS) is 10.4. The molecule has 0 radical (unpaired) electrons. The monoisotopic (exact) mass is 398 g/mol. The van der Waals surface area contributed by atoms with Crippen LogP contribution in [0.15, 0.2) is 59.0 Å². The van der Waals surface area contributed by atoms with Crippen LogP contribution in [0.2, 0.25) is 0 Å². The molecule has 9 heteroatoms. The smallest absolute Gasteiger partial charge is 0.269 e. The predicted octanol–water partition coefficient (Wildman–Crippen LogP) is 3.37. The number of aliphatic hydroxyl groups excluding tert-OH is 1. The second-order valence-electron chi connectivity index (χ2n) is 5.93. The second kappa shape index (κ2) is 8.89. The second-order valence-corrected chi connectivity index (χ2v) is 5.93. The molecule has 0 spiro atoms. The summed E-state index contributed by atoms with van der Waals surface area (Å²) in [7, 11) is 1.52. The molecule has 0 bridgehead atoms. The first-order valence-electron chi connectivity index (χ1n) is 8.55. The number of ether oxygens (including phenoxy) is 2. The average molecular weight is 398 g/mol. The number of carbonyl (C=O) groups excluding carboxylic acids is 1. The van der Waals surface area contributed by atoms with Gasteiger partial charge in [-0.1, -0.05) is 0 Å². The Bertz CT molecular complexity index is 1010. The Kier molecular flexibility index (Phi) is 6.10. The van der Waals surface area contributed by atoms with Gasteiger partial charge < -0.3 is 24.3 Å². The van der Waals surface area contributed by atoms with Crippen LogP contribution in [0.25, 0.3) is 11.3 Å². The third kappa shape index (κ3) is 4.90. The number of amides is 1. The summed E-state index contributed by atoms with van der Waals surface area (Å²) in [5.41, 5.74) is 1.05. The quantitative estimate of drug-likeness (QED) is 0.440. The van der Waals surface area contributed by atoms with Gasteiger partial charge in [0.05, 0.1) is 17.6 Å². The van der Waals surface area contributed by atoms with E-state index in [1.54, 1.807) is 30.3 Å². The summed E-state index contributed by atoms with van der Waals surface area (Å²) in [5.74, 6) is 1.38. The number of benzene rings is 2. The van der Waals surface area contributed by atoms with Crippen LogP contribution in [0.3, 0.4) is 0 Å². The molecule has 0 aliphatic carbocycles. The molecular formula is C20H18N2O7. The molecule has 0 atom stereocenters. The highest BCUT2D eigenvalue weighted by molar-refractivity contribution is 5.92. The van der Waals surface area contributed by atoms with E-state index in [9.17, 15) is 14.9 Å². The molecule has 3 rings (SSSR count). The maximum Gasteiger partial charge on any atom is 0.269 e. The Hall–Kier alpha value is -3.85. The number of hydrogen-bond acceptors (Lipinski definition) is 7. The van der Waals surface area contributed by atoms with Crippen molar-refractivity contribution in [2.24, 2.45) is 0 Å². The highest BCUT2D eigenvalue weighted by atomic mass is 16.6. The molecule has 0 saturated carbocycles. The number of rotatable bonds is 8. The first-order chi connectivity index (χ1) is 14.0. The molecule has 0 aliphatic rings. The lowest BCUT2D eigenvalue weighted by atomic mass is 10.1. The Morgan fingerprint density at radius 2 is 1.93 bits per heavy atom. The van der Waals surface area contributed by atoms with Crippen molar-refractivity contribution in [3.05, 3.63) is 70.5 Å². The van der Waals surface area contributed by atoms with E-state index in [4.69, 9.17) is 19.0 Å². The fourth-order valence-electron chi connectivity index (χ4n) is 2.60. The molecule has 0 unspecified atom stereocenters. The molecule has 150 valence electrons.